The molecule has 3 unspecified atom stereocenters. The number of piperidine rings is 1. The van der Waals surface area contributed by atoms with Crippen molar-refractivity contribution in [3.05, 3.63) is 0 Å². The fourth-order valence-corrected chi connectivity index (χ4v) is 4.07. The second-order valence-corrected chi connectivity index (χ2v) is 7.17. The third-order valence-electron chi connectivity index (χ3n) is 5.66. The normalized spacial score (nSPS) is 33.0. The lowest BCUT2D eigenvalue weighted by atomic mass is 9.98. The maximum atomic E-state index is 3.83. The number of nitrogens with zero attached hydrogens (tertiary/aromatic N) is 1. The number of rotatable bonds is 6. The zero-order chi connectivity index (χ0) is 14.2. The number of nitrogens with one attached hydrogen (secondary N) is 1. The van der Waals surface area contributed by atoms with Crippen molar-refractivity contribution in [2.45, 2.75) is 90.1 Å². The quantitative estimate of drug-likeness (QED) is 0.579. The fraction of sp³-hybridized carbons (Fsp3) is 1.00. The van der Waals surface area contributed by atoms with Crippen molar-refractivity contribution < 1.29 is 0 Å². The van der Waals surface area contributed by atoms with Gasteiger partial charge in [-0.3, -0.25) is 0 Å². The van der Waals surface area contributed by atoms with E-state index in [0.29, 0.717) is 0 Å². The average molecular weight is 280 g/mol. The van der Waals surface area contributed by atoms with Crippen LogP contribution < -0.4 is 5.32 Å². The first-order chi connectivity index (χ1) is 9.79. The van der Waals surface area contributed by atoms with E-state index >= 15 is 0 Å². The molecule has 1 heterocycles. The highest BCUT2D eigenvalue weighted by atomic mass is 15.2. The van der Waals surface area contributed by atoms with Crippen molar-refractivity contribution in [3.63, 3.8) is 0 Å². The van der Waals surface area contributed by atoms with Gasteiger partial charge >= 0.3 is 0 Å². The number of hydrogen-bond acceptors (Lipinski definition) is 2. The van der Waals surface area contributed by atoms with Crippen molar-refractivity contribution in [2.24, 2.45) is 5.92 Å². The van der Waals surface area contributed by atoms with Gasteiger partial charge in [-0.1, -0.05) is 32.6 Å². The molecule has 0 aromatic heterocycles. The number of hydrogen-bond donors (Lipinski definition) is 1. The summed E-state index contributed by atoms with van der Waals surface area (Å²) in [6.45, 7) is 8.63. The largest absolute Gasteiger partial charge is 0.314 e. The molecule has 0 radical (unpaired) electrons. The Kier molecular flexibility index (Phi) is 7.37. The van der Waals surface area contributed by atoms with Crippen LogP contribution in [0.25, 0.3) is 0 Å². The molecule has 2 heteroatoms. The van der Waals surface area contributed by atoms with E-state index in [9.17, 15) is 0 Å². The van der Waals surface area contributed by atoms with Gasteiger partial charge < -0.3 is 10.2 Å². The molecular formula is C18H36N2. The second kappa shape index (κ2) is 9.04. The summed E-state index contributed by atoms with van der Waals surface area (Å²) in [4.78, 5) is 2.70. The lowest BCUT2D eigenvalue weighted by Gasteiger charge is -2.33. The topological polar surface area (TPSA) is 15.3 Å². The van der Waals surface area contributed by atoms with Gasteiger partial charge in [0.2, 0.25) is 0 Å². The minimum Gasteiger partial charge on any atom is -0.314 e. The van der Waals surface area contributed by atoms with E-state index in [1.807, 2.05) is 0 Å². The Morgan fingerprint density at radius 3 is 2.70 bits per heavy atom. The van der Waals surface area contributed by atoms with Crippen LogP contribution in [0.5, 0.6) is 0 Å². The summed E-state index contributed by atoms with van der Waals surface area (Å²) in [6.07, 6.45) is 14.2. The maximum Gasteiger partial charge on any atom is 0.00671 e. The predicted octanol–water partition coefficient (Wildman–Crippen LogP) is 4.20. The first-order valence-corrected chi connectivity index (χ1v) is 9.27. The van der Waals surface area contributed by atoms with Crippen LogP contribution in [-0.2, 0) is 0 Å². The summed E-state index contributed by atoms with van der Waals surface area (Å²) in [5, 5.41) is 3.83. The molecule has 0 amide bonds. The summed E-state index contributed by atoms with van der Waals surface area (Å²) in [7, 11) is 0. The minimum atomic E-state index is 0.810. The molecular weight excluding hydrogens is 244 g/mol. The zero-order valence-electron chi connectivity index (χ0n) is 13.9. The van der Waals surface area contributed by atoms with Gasteiger partial charge in [0, 0.05) is 12.1 Å². The Morgan fingerprint density at radius 1 is 1.00 bits per heavy atom. The van der Waals surface area contributed by atoms with E-state index in [1.165, 1.54) is 83.8 Å². The Balaban J connectivity index is 1.56. The van der Waals surface area contributed by atoms with Crippen LogP contribution in [0.2, 0.25) is 0 Å². The third-order valence-corrected chi connectivity index (χ3v) is 5.66. The highest BCUT2D eigenvalue weighted by molar-refractivity contribution is 4.76. The smallest absolute Gasteiger partial charge is 0.00671 e. The minimum absolute atomic E-state index is 0.810. The van der Waals surface area contributed by atoms with Gasteiger partial charge in [-0.05, 0) is 71.0 Å². The summed E-state index contributed by atoms with van der Waals surface area (Å²) in [5.74, 6) is 1.01. The molecule has 2 aliphatic rings. The molecule has 118 valence electrons. The molecule has 0 aromatic carbocycles. The van der Waals surface area contributed by atoms with E-state index in [-0.39, 0.29) is 0 Å². The Labute approximate surface area is 126 Å². The summed E-state index contributed by atoms with van der Waals surface area (Å²) in [5.41, 5.74) is 0. The monoisotopic (exact) mass is 280 g/mol. The lowest BCUT2D eigenvalue weighted by Crippen LogP contribution is -2.39. The third kappa shape index (κ3) is 5.37. The Morgan fingerprint density at radius 2 is 1.90 bits per heavy atom. The highest BCUT2D eigenvalue weighted by Gasteiger charge is 2.19. The molecule has 1 saturated carbocycles. The Hall–Kier alpha value is -0.0800. The van der Waals surface area contributed by atoms with Crippen molar-refractivity contribution >= 4 is 0 Å². The van der Waals surface area contributed by atoms with E-state index in [4.69, 9.17) is 0 Å². The molecule has 1 aliphatic heterocycles. The van der Waals surface area contributed by atoms with Crippen LogP contribution in [0.1, 0.15) is 78.1 Å². The van der Waals surface area contributed by atoms with Gasteiger partial charge in [0.25, 0.3) is 0 Å². The van der Waals surface area contributed by atoms with Gasteiger partial charge in [-0.15, -0.1) is 0 Å². The number of likely N-dealkylation sites (tertiary alicyclic amines) is 1. The molecule has 3 atom stereocenters. The molecule has 0 aromatic rings. The predicted molar refractivity (Wildman–Crippen MR) is 88.2 cm³/mol. The molecule has 1 saturated heterocycles. The van der Waals surface area contributed by atoms with Gasteiger partial charge in [0.1, 0.15) is 0 Å². The van der Waals surface area contributed by atoms with Gasteiger partial charge in [0.05, 0.1) is 0 Å². The molecule has 1 N–H and O–H groups in total. The summed E-state index contributed by atoms with van der Waals surface area (Å²) < 4.78 is 0. The summed E-state index contributed by atoms with van der Waals surface area (Å²) in [6, 6.07) is 1.64. The van der Waals surface area contributed by atoms with E-state index in [1.54, 1.807) is 0 Å². The molecule has 2 nitrogen and oxygen atoms in total. The van der Waals surface area contributed by atoms with Crippen LogP contribution >= 0.6 is 0 Å². The van der Waals surface area contributed by atoms with Crippen LogP contribution in [-0.4, -0.2) is 36.6 Å². The van der Waals surface area contributed by atoms with E-state index in [2.05, 4.69) is 24.1 Å². The second-order valence-electron chi connectivity index (χ2n) is 7.17. The van der Waals surface area contributed by atoms with Crippen molar-refractivity contribution in [3.8, 4) is 0 Å². The zero-order valence-corrected chi connectivity index (χ0v) is 13.9. The first-order valence-electron chi connectivity index (χ1n) is 9.27. The van der Waals surface area contributed by atoms with Crippen molar-refractivity contribution in [2.75, 3.05) is 19.6 Å². The fourth-order valence-electron chi connectivity index (χ4n) is 4.07. The van der Waals surface area contributed by atoms with Gasteiger partial charge in [-0.25, -0.2) is 0 Å². The van der Waals surface area contributed by atoms with Gasteiger partial charge in [-0.2, -0.15) is 0 Å². The van der Waals surface area contributed by atoms with Crippen LogP contribution in [0.15, 0.2) is 0 Å². The van der Waals surface area contributed by atoms with E-state index in [0.717, 1.165) is 18.0 Å². The Bertz CT molecular complexity index is 254. The average Bonchev–Trinajstić information content (AvgIpc) is 2.70. The SMILES string of the molecule is CCC1CCCC(NCCCN2CCCCC2C)CC1. The lowest BCUT2D eigenvalue weighted by molar-refractivity contribution is 0.158. The standard InChI is InChI=1S/C18H36N2/c1-3-17-9-6-10-18(12-11-17)19-13-7-15-20-14-5-4-8-16(20)2/h16-19H,3-15H2,1-2H3. The van der Waals surface area contributed by atoms with E-state index < -0.39 is 0 Å². The molecule has 0 spiro atoms. The molecule has 0 bridgehead atoms. The molecule has 1 aliphatic carbocycles. The van der Waals surface area contributed by atoms with Crippen LogP contribution in [0.4, 0.5) is 0 Å². The van der Waals surface area contributed by atoms with Gasteiger partial charge in [0.15, 0.2) is 0 Å². The van der Waals surface area contributed by atoms with Crippen molar-refractivity contribution in [1.82, 2.24) is 10.2 Å². The van der Waals surface area contributed by atoms with Crippen LogP contribution in [0.3, 0.4) is 0 Å². The maximum absolute atomic E-state index is 3.83. The molecule has 20 heavy (non-hydrogen) atoms. The molecule has 2 rings (SSSR count). The molecule has 2 fully saturated rings. The highest BCUT2D eigenvalue weighted by Crippen LogP contribution is 2.25. The first kappa shape index (κ1) is 16.3. The van der Waals surface area contributed by atoms with Crippen LogP contribution in [0, 0.1) is 5.92 Å². The van der Waals surface area contributed by atoms with Crippen molar-refractivity contribution in [1.29, 1.82) is 0 Å². The summed E-state index contributed by atoms with van der Waals surface area (Å²) >= 11 is 0.